The number of carbonyl (C=O) groups is 9. The average Bonchev–Trinajstić information content (AvgIpc) is 3.11. The zero-order valence-electron chi connectivity index (χ0n) is 33.5. The van der Waals surface area contributed by atoms with Crippen molar-refractivity contribution in [3.8, 4) is 0 Å². The molecule has 0 spiro atoms. The molecule has 1 rings (SSSR count). The largest absolute Gasteiger partial charge is 0.550 e. The third kappa shape index (κ3) is 18.7. The van der Waals surface area contributed by atoms with Crippen LogP contribution in [-0.4, -0.2) is 94.7 Å². The SMILES string of the molecule is CCCC[C@H](NC(=O)[C@H](CC1CCCCC1)NC(=O)[C@@H](NC(=O)[C@H](CC(C)C)NC(=O)[C@@H](CCC(=O)[O-])NC(=O)[C@H](CC(=O)[O-])NC(C)=O)[C@H](C)CC)C(=O)O. The molecule has 1 fully saturated rings. The van der Waals surface area contributed by atoms with Gasteiger partial charge in [0.25, 0.3) is 0 Å². The lowest BCUT2D eigenvalue weighted by molar-refractivity contribution is -0.307. The van der Waals surface area contributed by atoms with E-state index in [1.165, 1.54) is 0 Å². The Bertz CT molecular complexity index is 1350. The number of carboxylic acid groups (broad SMARTS) is 3. The van der Waals surface area contributed by atoms with Gasteiger partial charge in [-0.2, -0.15) is 0 Å². The minimum atomic E-state index is -1.68. The number of carbonyl (C=O) groups excluding carboxylic acids is 8. The molecular formula is C38H62N6O12-2. The Balaban J connectivity index is 3.37. The molecule has 0 unspecified atom stereocenters. The van der Waals surface area contributed by atoms with Crippen molar-refractivity contribution in [2.45, 2.75) is 168 Å². The zero-order chi connectivity index (χ0) is 42.5. The van der Waals surface area contributed by atoms with Crippen LogP contribution in [0.15, 0.2) is 0 Å². The van der Waals surface area contributed by atoms with E-state index in [-0.39, 0.29) is 31.1 Å². The molecule has 318 valence electrons. The second kappa shape index (κ2) is 25.4. The normalized spacial score (nSPS) is 16.8. The predicted octanol–water partition coefficient (Wildman–Crippen LogP) is -1.08. The van der Waals surface area contributed by atoms with Crippen molar-refractivity contribution in [3.05, 3.63) is 0 Å². The van der Waals surface area contributed by atoms with Crippen molar-refractivity contribution >= 4 is 53.4 Å². The van der Waals surface area contributed by atoms with Crippen molar-refractivity contribution in [3.63, 3.8) is 0 Å². The van der Waals surface area contributed by atoms with Crippen LogP contribution in [0.3, 0.4) is 0 Å². The lowest BCUT2D eigenvalue weighted by Gasteiger charge is -2.31. The summed E-state index contributed by atoms with van der Waals surface area (Å²) in [4.78, 5) is 114. The minimum absolute atomic E-state index is 0.0355. The van der Waals surface area contributed by atoms with Crippen molar-refractivity contribution in [1.82, 2.24) is 31.9 Å². The highest BCUT2D eigenvalue weighted by Gasteiger charge is 2.36. The molecule has 0 aromatic rings. The number of unbranched alkanes of at least 4 members (excludes halogenated alkanes) is 1. The Hall–Kier alpha value is -4.77. The Morgan fingerprint density at radius 3 is 1.70 bits per heavy atom. The highest BCUT2D eigenvalue weighted by atomic mass is 16.4. The summed E-state index contributed by atoms with van der Waals surface area (Å²) in [7, 11) is 0. The second-order valence-corrected chi connectivity index (χ2v) is 15.2. The number of hydrogen-bond donors (Lipinski definition) is 7. The standard InChI is InChI=1S/C38H64N6O12/c1-7-9-15-26(38(55)56)41-34(51)28(19-24-13-11-10-12-14-24)43-37(54)32(22(5)8-2)44-36(53)27(18-21(3)4)42-33(50)25(16-17-30(46)47)40-35(52)29(20-31(48)49)39-23(6)45/h21-22,24-29,32H,7-20H2,1-6H3,(H,39,45)(H,40,52)(H,41,51)(H,42,50)(H,43,54)(H,44,53)(H,46,47)(H,48,49)(H,55,56)/p-2/t22-,25-,26+,27+,28+,29+,32+/m1/s1. The molecule has 18 nitrogen and oxygen atoms in total. The second-order valence-electron chi connectivity index (χ2n) is 15.2. The fourth-order valence-electron chi connectivity index (χ4n) is 6.54. The van der Waals surface area contributed by atoms with Gasteiger partial charge in [-0.3, -0.25) is 28.8 Å². The van der Waals surface area contributed by atoms with E-state index in [0.717, 1.165) is 45.4 Å². The molecule has 7 atom stereocenters. The predicted molar refractivity (Wildman–Crippen MR) is 198 cm³/mol. The summed E-state index contributed by atoms with van der Waals surface area (Å²) in [6.45, 7) is 9.96. The molecule has 0 saturated heterocycles. The summed E-state index contributed by atoms with van der Waals surface area (Å²) in [5, 5.41) is 47.2. The van der Waals surface area contributed by atoms with Gasteiger partial charge in [0.1, 0.15) is 36.3 Å². The first kappa shape index (κ1) is 49.2. The molecular weight excluding hydrogens is 732 g/mol. The van der Waals surface area contributed by atoms with Crippen LogP contribution in [0, 0.1) is 17.8 Å². The number of rotatable bonds is 26. The lowest BCUT2D eigenvalue weighted by Crippen LogP contribution is -2.61. The highest BCUT2D eigenvalue weighted by molar-refractivity contribution is 5.97. The summed E-state index contributed by atoms with van der Waals surface area (Å²) >= 11 is 0. The van der Waals surface area contributed by atoms with E-state index < -0.39 is 115 Å². The molecule has 0 aromatic carbocycles. The molecule has 18 heteroatoms. The van der Waals surface area contributed by atoms with Gasteiger partial charge < -0.3 is 56.8 Å². The maximum absolute atomic E-state index is 14.0. The van der Waals surface area contributed by atoms with Gasteiger partial charge in [0, 0.05) is 25.3 Å². The fourth-order valence-corrected chi connectivity index (χ4v) is 6.54. The Morgan fingerprint density at radius 2 is 1.18 bits per heavy atom. The molecule has 56 heavy (non-hydrogen) atoms. The van der Waals surface area contributed by atoms with Gasteiger partial charge in [-0.1, -0.05) is 86.0 Å². The number of nitrogens with one attached hydrogen (secondary N) is 6. The van der Waals surface area contributed by atoms with E-state index in [0.29, 0.717) is 12.8 Å². The fraction of sp³-hybridized carbons (Fsp3) is 0.763. The van der Waals surface area contributed by atoms with Gasteiger partial charge in [0.05, 0.1) is 0 Å². The Kier molecular flexibility index (Phi) is 22.3. The third-order valence-electron chi connectivity index (χ3n) is 9.86. The number of carboxylic acids is 3. The number of aliphatic carboxylic acids is 3. The van der Waals surface area contributed by atoms with Gasteiger partial charge in [0.2, 0.25) is 35.4 Å². The van der Waals surface area contributed by atoms with E-state index in [1.54, 1.807) is 27.7 Å². The van der Waals surface area contributed by atoms with Gasteiger partial charge in [-0.05, 0) is 49.9 Å². The molecule has 7 N–H and O–H groups in total. The summed E-state index contributed by atoms with van der Waals surface area (Å²) in [5.41, 5.74) is 0. The van der Waals surface area contributed by atoms with Crippen LogP contribution >= 0.6 is 0 Å². The molecule has 0 aliphatic heterocycles. The average molecular weight is 795 g/mol. The molecule has 1 saturated carbocycles. The van der Waals surface area contributed by atoms with Crippen LogP contribution in [0.25, 0.3) is 0 Å². The molecule has 1 aliphatic carbocycles. The van der Waals surface area contributed by atoms with Crippen molar-refractivity contribution in [1.29, 1.82) is 0 Å². The van der Waals surface area contributed by atoms with Crippen LogP contribution in [0.5, 0.6) is 0 Å². The maximum Gasteiger partial charge on any atom is 0.326 e. The quantitative estimate of drug-likeness (QED) is 0.0551. The number of amides is 6. The molecule has 0 heterocycles. The molecule has 6 amide bonds. The van der Waals surface area contributed by atoms with E-state index in [2.05, 4.69) is 31.9 Å². The van der Waals surface area contributed by atoms with Crippen molar-refractivity contribution < 1.29 is 58.5 Å². The first-order valence-corrected chi connectivity index (χ1v) is 19.7. The van der Waals surface area contributed by atoms with Crippen LogP contribution in [0.1, 0.15) is 131 Å². The number of hydrogen-bond acceptors (Lipinski definition) is 11. The van der Waals surface area contributed by atoms with Crippen LogP contribution in [0.4, 0.5) is 0 Å². The van der Waals surface area contributed by atoms with E-state index in [9.17, 15) is 58.5 Å². The zero-order valence-corrected chi connectivity index (χ0v) is 33.5. The van der Waals surface area contributed by atoms with Gasteiger partial charge in [-0.25, -0.2) is 4.79 Å². The molecule has 0 aromatic heterocycles. The Labute approximate surface area is 328 Å². The maximum atomic E-state index is 14.0. The van der Waals surface area contributed by atoms with Gasteiger partial charge in [-0.15, -0.1) is 0 Å². The smallest absolute Gasteiger partial charge is 0.326 e. The topological polar surface area (TPSA) is 292 Å². The first-order valence-electron chi connectivity index (χ1n) is 19.7. The highest BCUT2D eigenvalue weighted by Crippen LogP contribution is 2.27. The van der Waals surface area contributed by atoms with E-state index >= 15 is 0 Å². The van der Waals surface area contributed by atoms with Crippen molar-refractivity contribution in [2.24, 2.45) is 17.8 Å². The Morgan fingerprint density at radius 1 is 0.643 bits per heavy atom. The third-order valence-corrected chi connectivity index (χ3v) is 9.86. The van der Waals surface area contributed by atoms with Crippen LogP contribution in [-0.2, 0) is 43.2 Å². The molecule has 1 aliphatic rings. The summed E-state index contributed by atoms with van der Waals surface area (Å²) < 4.78 is 0. The lowest BCUT2D eigenvalue weighted by atomic mass is 9.84. The monoisotopic (exact) mass is 794 g/mol. The molecule has 0 radical (unpaired) electrons. The van der Waals surface area contributed by atoms with Crippen molar-refractivity contribution in [2.75, 3.05) is 0 Å². The summed E-state index contributed by atoms with van der Waals surface area (Å²) in [5.74, 6) is -9.99. The summed E-state index contributed by atoms with van der Waals surface area (Å²) in [6.07, 6.45) is 4.71. The summed E-state index contributed by atoms with van der Waals surface area (Å²) in [6, 6.07) is -8.02. The minimum Gasteiger partial charge on any atom is -0.550 e. The van der Waals surface area contributed by atoms with Crippen LogP contribution in [0.2, 0.25) is 0 Å². The first-order chi connectivity index (χ1) is 26.3. The van der Waals surface area contributed by atoms with E-state index in [4.69, 9.17) is 0 Å². The molecule has 0 bridgehead atoms. The van der Waals surface area contributed by atoms with Gasteiger partial charge in [0.15, 0.2) is 0 Å². The van der Waals surface area contributed by atoms with E-state index in [1.807, 2.05) is 6.92 Å². The van der Waals surface area contributed by atoms with Crippen LogP contribution < -0.4 is 42.1 Å². The van der Waals surface area contributed by atoms with Gasteiger partial charge >= 0.3 is 5.97 Å².